The molecule has 1 aliphatic rings. The number of hydrogen-bond donors (Lipinski definition) is 1. The lowest BCUT2D eigenvalue weighted by Gasteiger charge is -2.35. The Morgan fingerprint density at radius 2 is 1.96 bits per heavy atom. The minimum Gasteiger partial charge on any atom is -0.351 e. The molecule has 144 valence electrons. The summed E-state index contributed by atoms with van der Waals surface area (Å²) in [5.74, 6) is -0.442. The zero-order valence-electron chi connectivity index (χ0n) is 14.8. The fraction of sp³-hybridized carbons (Fsp3) is 0.368. The zero-order chi connectivity index (χ0) is 19.2. The number of carbonyl (C=O) groups is 2. The molecule has 2 heterocycles. The van der Waals surface area contributed by atoms with E-state index in [0.717, 1.165) is 0 Å². The van der Waals surface area contributed by atoms with Crippen LogP contribution in [0.2, 0.25) is 5.02 Å². The van der Waals surface area contributed by atoms with Gasteiger partial charge in [-0.1, -0.05) is 17.7 Å². The largest absolute Gasteiger partial charge is 0.351 e. The van der Waals surface area contributed by atoms with E-state index in [1.165, 1.54) is 17.4 Å². The molecule has 0 aliphatic carbocycles. The van der Waals surface area contributed by atoms with Gasteiger partial charge in [0.2, 0.25) is 5.91 Å². The van der Waals surface area contributed by atoms with Crippen LogP contribution in [0, 0.1) is 5.82 Å². The molecule has 1 saturated heterocycles. The lowest BCUT2D eigenvalue weighted by atomic mass is 10.1. The fourth-order valence-corrected chi connectivity index (χ4v) is 3.86. The number of benzene rings is 1. The molecule has 0 unspecified atom stereocenters. The first-order chi connectivity index (χ1) is 13.0. The van der Waals surface area contributed by atoms with Crippen LogP contribution >= 0.6 is 22.9 Å². The monoisotopic (exact) mass is 409 g/mol. The average molecular weight is 410 g/mol. The van der Waals surface area contributed by atoms with Gasteiger partial charge in [0.05, 0.1) is 0 Å². The average Bonchev–Trinajstić information content (AvgIpc) is 3.20. The van der Waals surface area contributed by atoms with Gasteiger partial charge in [0, 0.05) is 67.2 Å². The van der Waals surface area contributed by atoms with E-state index in [1.54, 1.807) is 28.5 Å². The second-order valence-electron chi connectivity index (χ2n) is 6.38. The van der Waals surface area contributed by atoms with Crippen molar-refractivity contribution in [2.24, 2.45) is 0 Å². The topological polar surface area (TPSA) is 52.7 Å². The Kier molecular flexibility index (Phi) is 6.82. The van der Waals surface area contributed by atoms with Crippen LogP contribution in [-0.4, -0.2) is 54.3 Å². The fourth-order valence-electron chi connectivity index (χ4n) is 3.00. The van der Waals surface area contributed by atoms with E-state index in [9.17, 15) is 14.0 Å². The van der Waals surface area contributed by atoms with Gasteiger partial charge in [-0.3, -0.25) is 14.5 Å². The number of thiophene rings is 1. The number of nitrogens with zero attached hydrogens (tertiary/aromatic N) is 2. The van der Waals surface area contributed by atoms with E-state index in [1.807, 2.05) is 5.38 Å². The Labute approximate surface area is 166 Å². The van der Waals surface area contributed by atoms with Crippen molar-refractivity contribution in [2.75, 3.05) is 32.7 Å². The summed E-state index contributed by atoms with van der Waals surface area (Å²) in [4.78, 5) is 28.1. The summed E-state index contributed by atoms with van der Waals surface area (Å²) in [5, 5.41) is 6.81. The van der Waals surface area contributed by atoms with E-state index in [4.69, 9.17) is 11.6 Å². The highest BCUT2D eigenvalue weighted by Gasteiger charge is 2.22. The van der Waals surface area contributed by atoms with Crippen LogP contribution in [0.25, 0.3) is 0 Å². The Hall–Kier alpha value is -1.96. The van der Waals surface area contributed by atoms with Gasteiger partial charge >= 0.3 is 0 Å². The molecule has 1 fully saturated rings. The second-order valence-corrected chi connectivity index (χ2v) is 7.56. The Balaban J connectivity index is 1.41. The van der Waals surface area contributed by atoms with Crippen LogP contribution in [0.3, 0.4) is 0 Å². The molecule has 0 saturated carbocycles. The number of amides is 2. The van der Waals surface area contributed by atoms with Crippen molar-refractivity contribution in [1.29, 1.82) is 0 Å². The Bertz CT molecular complexity index is 772. The maximum absolute atomic E-state index is 13.9. The van der Waals surface area contributed by atoms with Gasteiger partial charge in [0.1, 0.15) is 5.82 Å². The summed E-state index contributed by atoms with van der Waals surface area (Å²) in [7, 11) is 0. The van der Waals surface area contributed by atoms with Crippen molar-refractivity contribution < 1.29 is 14.0 Å². The highest BCUT2D eigenvalue weighted by molar-refractivity contribution is 7.08. The van der Waals surface area contributed by atoms with Gasteiger partial charge in [-0.2, -0.15) is 11.3 Å². The highest BCUT2D eigenvalue weighted by Crippen LogP contribution is 2.21. The maximum atomic E-state index is 13.9. The molecule has 5 nitrogen and oxygen atoms in total. The smallest absolute Gasteiger partial charge is 0.252 e. The molecule has 1 aliphatic heterocycles. The molecule has 27 heavy (non-hydrogen) atoms. The first-order valence-electron chi connectivity index (χ1n) is 8.78. The third-order valence-electron chi connectivity index (χ3n) is 4.58. The van der Waals surface area contributed by atoms with Crippen molar-refractivity contribution in [2.45, 2.75) is 13.0 Å². The number of piperazine rings is 1. The molecule has 0 bridgehead atoms. The molecule has 0 atom stereocenters. The second kappa shape index (κ2) is 9.30. The molecule has 1 aromatic heterocycles. The predicted octanol–water partition coefficient (Wildman–Crippen LogP) is 3.00. The van der Waals surface area contributed by atoms with Crippen LogP contribution in [0.4, 0.5) is 4.39 Å². The van der Waals surface area contributed by atoms with Gasteiger partial charge < -0.3 is 10.2 Å². The van der Waals surface area contributed by atoms with E-state index in [0.29, 0.717) is 55.4 Å². The van der Waals surface area contributed by atoms with Crippen molar-refractivity contribution in [1.82, 2.24) is 15.1 Å². The first-order valence-corrected chi connectivity index (χ1v) is 10.1. The quantitative estimate of drug-likeness (QED) is 0.798. The molecule has 0 spiro atoms. The van der Waals surface area contributed by atoms with Crippen molar-refractivity contribution in [3.05, 3.63) is 57.0 Å². The summed E-state index contributed by atoms with van der Waals surface area (Å²) in [6.07, 6.45) is 0.273. The zero-order valence-corrected chi connectivity index (χ0v) is 16.4. The third kappa shape index (κ3) is 5.28. The third-order valence-corrected chi connectivity index (χ3v) is 5.61. The summed E-state index contributed by atoms with van der Waals surface area (Å²) >= 11 is 7.54. The molecule has 1 aromatic carbocycles. The first kappa shape index (κ1) is 19.8. The maximum Gasteiger partial charge on any atom is 0.252 e. The van der Waals surface area contributed by atoms with Crippen LogP contribution in [0.15, 0.2) is 35.0 Å². The SMILES string of the molecule is O=C(NCCC(=O)N1CCN(Cc2c(F)cccc2Cl)CC1)c1ccsc1. The highest BCUT2D eigenvalue weighted by atomic mass is 35.5. The van der Waals surface area contributed by atoms with Crippen molar-refractivity contribution in [3.8, 4) is 0 Å². The van der Waals surface area contributed by atoms with Crippen LogP contribution in [0.1, 0.15) is 22.3 Å². The number of rotatable bonds is 6. The molecular weight excluding hydrogens is 389 g/mol. The van der Waals surface area contributed by atoms with Gasteiger partial charge in [-0.05, 0) is 23.6 Å². The van der Waals surface area contributed by atoms with E-state index >= 15 is 0 Å². The molecule has 8 heteroatoms. The van der Waals surface area contributed by atoms with Crippen LogP contribution in [0.5, 0.6) is 0 Å². The minimum absolute atomic E-state index is 0.0178. The molecule has 0 radical (unpaired) electrons. The number of hydrogen-bond acceptors (Lipinski definition) is 4. The molecular formula is C19H21ClFN3O2S. The van der Waals surface area contributed by atoms with E-state index < -0.39 is 0 Å². The van der Waals surface area contributed by atoms with Crippen molar-refractivity contribution >= 4 is 34.8 Å². The number of nitrogens with one attached hydrogen (secondary N) is 1. The molecule has 2 amide bonds. The van der Waals surface area contributed by atoms with Gasteiger partial charge in [0.25, 0.3) is 5.91 Å². The lowest BCUT2D eigenvalue weighted by molar-refractivity contribution is -0.132. The van der Waals surface area contributed by atoms with Crippen LogP contribution in [-0.2, 0) is 11.3 Å². The summed E-state index contributed by atoms with van der Waals surface area (Å²) in [6.45, 7) is 3.25. The van der Waals surface area contributed by atoms with Gasteiger partial charge in [-0.15, -0.1) is 0 Å². The summed E-state index contributed by atoms with van der Waals surface area (Å²) < 4.78 is 13.9. The number of carbonyl (C=O) groups excluding carboxylic acids is 2. The van der Waals surface area contributed by atoms with Crippen LogP contribution < -0.4 is 5.32 Å². The van der Waals surface area contributed by atoms with Gasteiger partial charge in [0.15, 0.2) is 0 Å². The summed E-state index contributed by atoms with van der Waals surface area (Å²) in [5.41, 5.74) is 1.11. The lowest BCUT2D eigenvalue weighted by Crippen LogP contribution is -2.48. The number of halogens is 2. The normalized spacial score (nSPS) is 15.0. The Morgan fingerprint density at radius 3 is 2.63 bits per heavy atom. The van der Waals surface area contributed by atoms with Gasteiger partial charge in [-0.25, -0.2) is 4.39 Å². The Morgan fingerprint density at radius 1 is 1.19 bits per heavy atom. The predicted molar refractivity (Wildman–Crippen MR) is 105 cm³/mol. The standard InChI is InChI=1S/C19H21ClFN3O2S/c20-16-2-1-3-17(21)15(16)12-23-7-9-24(10-8-23)18(25)4-6-22-19(26)14-5-11-27-13-14/h1-3,5,11,13H,4,6-10,12H2,(H,22,26). The minimum atomic E-state index is -0.303. The molecule has 1 N–H and O–H groups in total. The van der Waals surface area contributed by atoms with E-state index in [2.05, 4.69) is 10.2 Å². The van der Waals surface area contributed by atoms with E-state index in [-0.39, 0.29) is 24.1 Å². The molecule has 3 rings (SSSR count). The summed E-state index contributed by atoms with van der Waals surface area (Å²) in [6, 6.07) is 6.44. The molecule has 2 aromatic rings. The van der Waals surface area contributed by atoms with Crippen molar-refractivity contribution in [3.63, 3.8) is 0 Å².